The first-order valence-electron chi connectivity index (χ1n) is 5.20. The number of carbonyl (C=O) groups excluding carboxylic acids is 1. The standard InChI is InChI=1S/C11H13F3N2O2/c12-6-5-9(13)10(14)18-8-3-1-7(2-4-8)11(17)16-15/h1-4,9-10H,5-6,15H2,(H,16,17). The van der Waals surface area contributed by atoms with Gasteiger partial charge in [-0.3, -0.25) is 14.6 Å². The van der Waals surface area contributed by atoms with E-state index in [0.29, 0.717) is 0 Å². The average molecular weight is 262 g/mol. The molecular formula is C11H13F3N2O2. The molecule has 7 heteroatoms. The largest absolute Gasteiger partial charge is 0.457 e. The topological polar surface area (TPSA) is 64.3 Å². The van der Waals surface area contributed by atoms with Crippen LogP contribution in [0.15, 0.2) is 24.3 Å². The Morgan fingerprint density at radius 3 is 2.44 bits per heavy atom. The second-order valence-corrected chi connectivity index (χ2v) is 3.46. The van der Waals surface area contributed by atoms with Crippen molar-refractivity contribution in [3.8, 4) is 5.75 Å². The highest BCUT2D eigenvalue weighted by molar-refractivity contribution is 5.93. The molecule has 0 spiro atoms. The quantitative estimate of drug-likeness (QED) is 0.465. The first kappa shape index (κ1) is 14.3. The number of nitrogens with two attached hydrogens (primary N) is 1. The van der Waals surface area contributed by atoms with Crippen LogP contribution in [0.5, 0.6) is 5.75 Å². The number of carbonyl (C=O) groups is 1. The summed E-state index contributed by atoms with van der Waals surface area (Å²) in [4.78, 5) is 11.1. The highest BCUT2D eigenvalue weighted by Crippen LogP contribution is 2.18. The second-order valence-electron chi connectivity index (χ2n) is 3.46. The molecule has 0 saturated heterocycles. The molecule has 4 nitrogen and oxygen atoms in total. The van der Waals surface area contributed by atoms with E-state index in [1.165, 1.54) is 24.3 Å². The van der Waals surface area contributed by atoms with Gasteiger partial charge in [0.1, 0.15) is 5.75 Å². The zero-order valence-corrected chi connectivity index (χ0v) is 9.41. The molecule has 18 heavy (non-hydrogen) atoms. The van der Waals surface area contributed by atoms with Gasteiger partial charge >= 0.3 is 0 Å². The van der Waals surface area contributed by atoms with Gasteiger partial charge in [0, 0.05) is 12.0 Å². The van der Waals surface area contributed by atoms with Gasteiger partial charge in [-0.1, -0.05) is 0 Å². The number of nitrogens with one attached hydrogen (secondary N) is 1. The van der Waals surface area contributed by atoms with Crippen LogP contribution in [0.25, 0.3) is 0 Å². The van der Waals surface area contributed by atoms with Crippen molar-refractivity contribution < 1.29 is 22.7 Å². The molecule has 1 rings (SSSR count). The summed E-state index contributed by atoms with van der Waals surface area (Å²) in [5.41, 5.74) is 2.17. The van der Waals surface area contributed by atoms with Crippen molar-refractivity contribution in [1.82, 2.24) is 5.43 Å². The van der Waals surface area contributed by atoms with Crippen LogP contribution >= 0.6 is 0 Å². The zero-order valence-electron chi connectivity index (χ0n) is 9.41. The van der Waals surface area contributed by atoms with E-state index in [1.54, 1.807) is 0 Å². The van der Waals surface area contributed by atoms with Crippen molar-refractivity contribution in [1.29, 1.82) is 0 Å². The first-order valence-corrected chi connectivity index (χ1v) is 5.20. The Morgan fingerprint density at radius 1 is 1.33 bits per heavy atom. The number of benzene rings is 1. The summed E-state index contributed by atoms with van der Waals surface area (Å²) in [5.74, 6) is 4.44. The van der Waals surface area contributed by atoms with Gasteiger partial charge in [0.15, 0.2) is 6.17 Å². The number of alkyl halides is 3. The lowest BCUT2D eigenvalue weighted by Crippen LogP contribution is -2.29. The van der Waals surface area contributed by atoms with Crippen LogP contribution in [0.1, 0.15) is 16.8 Å². The molecule has 2 unspecified atom stereocenters. The van der Waals surface area contributed by atoms with E-state index in [1.807, 2.05) is 5.43 Å². The van der Waals surface area contributed by atoms with Gasteiger partial charge in [0.2, 0.25) is 0 Å². The maximum absolute atomic E-state index is 13.1. The normalized spacial score (nSPS) is 13.8. The van der Waals surface area contributed by atoms with Gasteiger partial charge in [-0.2, -0.15) is 4.39 Å². The van der Waals surface area contributed by atoms with Gasteiger partial charge in [0.05, 0.1) is 6.67 Å². The van der Waals surface area contributed by atoms with Crippen LogP contribution in [-0.2, 0) is 0 Å². The third-order valence-electron chi connectivity index (χ3n) is 2.17. The molecule has 1 aromatic carbocycles. The predicted octanol–water partition coefficient (Wildman–Crippen LogP) is 1.66. The van der Waals surface area contributed by atoms with Gasteiger partial charge in [-0.25, -0.2) is 10.2 Å². The van der Waals surface area contributed by atoms with Crippen molar-refractivity contribution in [3.05, 3.63) is 29.8 Å². The molecule has 2 atom stereocenters. The monoisotopic (exact) mass is 262 g/mol. The third kappa shape index (κ3) is 3.92. The van der Waals surface area contributed by atoms with Gasteiger partial charge < -0.3 is 4.74 Å². The molecule has 0 aliphatic heterocycles. The van der Waals surface area contributed by atoms with E-state index in [9.17, 15) is 18.0 Å². The fourth-order valence-electron chi connectivity index (χ4n) is 1.21. The summed E-state index contributed by atoms with van der Waals surface area (Å²) >= 11 is 0. The average Bonchev–Trinajstić information content (AvgIpc) is 2.39. The Balaban J connectivity index is 2.60. The van der Waals surface area contributed by atoms with Crippen molar-refractivity contribution in [3.63, 3.8) is 0 Å². The van der Waals surface area contributed by atoms with Crippen LogP contribution in [0.4, 0.5) is 13.2 Å². The van der Waals surface area contributed by atoms with E-state index in [4.69, 9.17) is 5.84 Å². The van der Waals surface area contributed by atoms with Gasteiger partial charge in [-0.15, -0.1) is 0 Å². The number of hydrogen-bond acceptors (Lipinski definition) is 3. The minimum absolute atomic E-state index is 0.0394. The molecule has 0 saturated carbocycles. The third-order valence-corrected chi connectivity index (χ3v) is 2.17. The van der Waals surface area contributed by atoms with Crippen LogP contribution < -0.4 is 16.0 Å². The van der Waals surface area contributed by atoms with Gasteiger partial charge in [0.25, 0.3) is 12.3 Å². The van der Waals surface area contributed by atoms with Crippen molar-refractivity contribution in [2.75, 3.05) is 6.67 Å². The number of halogens is 3. The molecule has 0 fully saturated rings. The van der Waals surface area contributed by atoms with Crippen LogP contribution in [-0.4, -0.2) is 25.1 Å². The highest BCUT2D eigenvalue weighted by atomic mass is 19.2. The molecule has 1 amide bonds. The number of ether oxygens (including phenoxy) is 1. The summed E-state index contributed by atoms with van der Waals surface area (Å²) in [6, 6.07) is 5.26. The lowest BCUT2D eigenvalue weighted by atomic mass is 10.2. The van der Waals surface area contributed by atoms with E-state index in [0.717, 1.165) is 0 Å². The second kappa shape index (κ2) is 6.85. The number of hydrazine groups is 1. The summed E-state index contributed by atoms with van der Waals surface area (Å²) in [6.07, 6.45) is -4.83. The minimum atomic E-state index is -2.24. The van der Waals surface area contributed by atoms with Crippen LogP contribution in [0, 0.1) is 0 Å². The summed E-state index contributed by atoms with van der Waals surface area (Å²) in [5, 5.41) is 0. The molecule has 3 N–H and O–H groups in total. The molecule has 0 bridgehead atoms. The van der Waals surface area contributed by atoms with Crippen LogP contribution in [0.3, 0.4) is 0 Å². The Labute approximate surface area is 102 Å². The Morgan fingerprint density at radius 2 is 1.94 bits per heavy atom. The molecule has 100 valence electrons. The molecule has 0 aromatic heterocycles. The highest BCUT2D eigenvalue weighted by Gasteiger charge is 2.21. The van der Waals surface area contributed by atoms with E-state index >= 15 is 0 Å². The van der Waals surface area contributed by atoms with Crippen molar-refractivity contribution in [2.45, 2.75) is 19.0 Å². The fraction of sp³-hybridized carbons (Fsp3) is 0.364. The lowest BCUT2D eigenvalue weighted by molar-refractivity contribution is -0.0111. The lowest BCUT2D eigenvalue weighted by Gasteiger charge is -2.14. The van der Waals surface area contributed by atoms with E-state index in [2.05, 4.69) is 4.74 Å². The first-order chi connectivity index (χ1) is 8.58. The molecule has 1 aromatic rings. The van der Waals surface area contributed by atoms with E-state index in [-0.39, 0.29) is 11.3 Å². The SMILES string of the molecule is NNC(=O)c1ccc(OC(F)C(F)CCF)cc1. The Hall–Kier alpha value is -1.76. The summed E-state index contributed by atoms with van der Waals surface area (Å²) in [7, 11) is 0. The van der Waals surface area contributed by atoms with Crippen molar-refractivity contribution >= 4 is 5.91 Å². The number of hydrogen-bond donors (Lipinski definition) is 2. The fourth-order valence-corrected chi connectivity index (χ4v) is 1.21. The Kier molecular flexibility index (Phi) is 5.44. The molecule has 0 radical (unpaired) electrons. The van der Waals surface area contributed by atoms with Gasteiger partial charge in [-0.05, 0) is 24.3 Å². The minimum Gasteiger partial charge on any atom is -0.457 e. The number of amides is 1. The zero-order chi connectivity index (χ0) is 13.5. The Bertz CT molecular complexity index is 386. The maximum atomic E-state index is 13.1. The number of rotatable bonds is 6. The summed E-state index contributed by atoms with van der Waals surface area (Å²) < 4.78 is 42.5. The van der Waals surface area contributed by atoms with Crippen molar-refractivity contribution in [2.24, 2.45) is 5.84 Å². The van der Waals surface area contributed by atoms with E-state index < -0.39 is 31.5 Å². The molecule has 0 aliphatic rings. The number of nitrogen functional groups attached to an aromatic ring is 1. The molecule has 0 heterocycles. The predicted molar refractivity (Wildman–Crippen MR) is 59.1 cm³/mol. The smallest absolute Gasteiger partial charge is 0.269 e. The molecular weight excluding hydrogens is 249 g/mol. The molecule has 0 aliphatic carbocycles. The summed E-state index contributed by atoms with van der Waals surface area (Å²) in [6.45, 7) is -0.958. The van der Waals surface area contributed by atoms with Crippen LogP contribution in [0.2, 0.25) is 0 Å². The maximum Gasteiger partial charge on any atom is 0.269 e.